The number of nitrogens with one attached hydrogen (secondary N) is 5. The van der Waals surface area contributed by atoms with E-state index in [0.717, 1.165) is 13.0 Å². The van der Waals surface area contributed by atoms with Crippen molar-refractivity contribution in [2.75, 3.05) is 18.6 Å². The predicted molar refractivity (Wildman–Crippen MR) is 129 cm³/mol. The molecule has 5 unspecified atom stereocenters. The lowest BCUT2D eigenvalue weighted by molar-refractivity contribution is -0.143. The number of aliphatic carboxylic acids is 1. The summed E-state index contributed by atoms with van der Waals surface area (Å²) in [7, 11) is 0. The number of thioether (sulfide) groups is 1. The van der Waals surface area contributed by atoms with E-state index in [-0.39, 0.29) is 24.3 Å². The standard InChI is InChI=1S/C22H36N6O5S/c1-4-13(2)18(22(32)33)28-21(31)17(10-14-11-23-12-25-14)27-20(30)16(7-9-34-3)26-19(29)15-6-5-8-24-15/h11-13,15-18,24H,4-10H2,1-3H3,(H,23,25)(H,26,29)(H,27,30)(H,28,31)(H,32,33). The molecular formula is C22H36N6O5S. The Morgan fingerprint density at radius 3 is 2.50 bits per heavy atom. The third-order valence-corrected chi connectivity index (χ3v) is 6.65. The number of aromatic amines is 1. The van der Waals surface area contributed by atoms with E-state index in [2.05, 4.69) is 31.2 Å². The van der Waals surface area contributed by atoms with Gasteiger partial charge in [-0.1, -0.05) is 20.3 Å². The fraction of sp³-hybridized carbons (Fsp3) is 0.682. The zero-order valence-corrected chi connectivity index (χ0v) is 20.7. The first-order chi connectivity index (χ1) is 16.3. The van der Waals surface area contributed by atoms with E-state index in [4.69, 9.17) is 0 Å². The van der Waals surface area contributed by atoms with E-state index in [0.29, 0.717) is 30.7 Å². The lowest BCUT2D eigenvalue weighted by atomic mass is 9.98. The van der Waals surface area contributed by atoms with Crippen LogP contribution in [0.3, 0.4) is 0 Å². The van der Waals surface area contributed by atoms with Gasteiger partial charge in [-0.05, 0) is 43.7 Å². The van der Waals surface area contributed by atoms with Gasteiger partial charge in [0, 0.05) is 18.3 Å². The first kappa shape index (κ1) is 27.6. The Labute approximate surface area is 204 Å². The van der Waals surface area contributed by atoms with Gasteiger partial charge in [0.25, 0.3) is 0 Å². The molecule has 0 aromatic carbocycles. The van der Waals surface area contributed by atoms with Crippen molar-refractivity contribution in [2.24, 2.45) is 5.92 Å². The maximum atomic E-state index is 13.2. The van der Waals surface area contributed by atoms with Crippen molar-refractivity contribution in [1.82, 2.24) is 31.2 Å². The molecule has 1 aliphatic heterocycles. The first-order valence-corrected chi connectivity index (χ1v) is 13.0. The highest BCUT2D eigenvalue weighted by Crippen LogP contribution is 2.11. The number of amides is 3. The minimum atomic E-state index is -1.14. The number of imidazole rings is 1. The molecule has 1 aliphatic rings. The lowest BCUT2D eigenvalue weighted by Crippen LogP contribution is -2.58. The summed E-state index contributed by atoms with van der Waals surface area (Å²) in [4.78, 5) is 57.4. The van der Waals surface area contributed by atoms with Crippen LogP contribution in [0.25, 0.3) is 0 Å². The number of nitrogens with zero attached hydrogens (tertiary/aromatic N) is 1. The second-order valence-corrected chi connectivity index (χ2v) is 9.53. The van der Waals surface area contributed by atoms with E-state index in [1.165, 1.54) is 12.5 Å². The molecule has 1 aromatic rings. The highest BCUT2D eigenvalue weighted by atomic mass is 32.2. The Balaban J connectivity index is 2.15. The van der Waals surface area contributed by atoms with Gasteiger partial charge in [0.05, 0.1) is 12.4 Å². The molecule has 1 fully saturated rings. The maximum absolute atomic E-state index is 13.2. The third-order valence-electron chi connectivity index (χ3n) is 6.01. The lowest BCUT2D eigenvalue weighted by Gasteiger charge is -2.26. The summed E-state index contributed by atoms with van der Waals surface area (Å²) in [5, 5.41) is 20.8. The maximum Gasteiger partial charge on any atom is 0.326 e. The van der Waals surface area contributed by atoms with Gasteiger partial charge in [-0.25, -0.2) is 9.78 Å². The van der Waals surface area contributed by atoms with E-state index in [9.17, 15) is 24.3 Å². The summed E-state index contributed by atoms with van der Waals surface area (Å²) < 4.78 is 0. The largest absolute Gasteiger partial charge is 0.480 e. The average Bonchev–Trinajstić information content (AvgIpc) is 3.53. The molecule has 2 rings (SSSR count). The fourth-order valence-corrected chi connectivity index (χ4v) is 4.19. The van der Waals surface area contributed by atoms with Gasteiger partial charge in [0.2, 0.25) is 17.7 Å². The van der Waals surface area contributed by atoms with Crippen molar-refractivity contribution < 1.29 is 24.3 Å². The van der Waals surface area contributed by atoms with E-state index >= 15 is 0 Å². The summed E-state index contributed by atoms with van der Waals surface area (Å²) in [5.41, 5.74) is 0.607. The number of carboxylic acids is 1. The van der Waals surface area contributed by atoms with Crippen LogP contribution in [0.1, 0.15) is 45.2 Å². The predicted octanol–water partition coefficient (Wildman–Crippen LogP) is 0.0424. The Bertz CT molecular complexity index is 815. The van der Waals surface area contributed by atoms with Crippen LogP contribution in [0, 0.1) is 5.92 Å². The molecule has 1 aromatic heterocycles. The van der Waals surface area contributed by atoms with Crippen LogP contribution in [0.15, 0.2) is 12.5 Å². The number of carboxylic acid groups (broad SMARTS) is 1. The molecule has 0 radical (unpaired) electrons. The monoisotopic (exact) mass is 496 g/mol. The molecule has 0 saturated carbocycles. The molecular weight excluding hydrogens is 460 g/mol. The van der Waals surface area contributed by atoms with Gasteiger partial charge in [0.1, 0.15) is 18.1 Å². The normalized spacial score (nSPS) is 19.0. The van der Waals surface area contributed by atoms with E-state index < -0.39 is 35.9 Å². The highest BCUT2D eigenvalue weighted by molar-refractivity contribution is 7.98. The van der Waals surface area contributed by atoms with Crippen LogP contribution < -0.4 is 21.3 Å². The second-order valence-electron chi connectivity index (χ2n) is 8.54. The van der Waals surface area contributed by atoms with Crippen LogP contribution in [-0.4, -0.2) is 81.5 Å². The van der Waals surface area contributed by atoms with E-state index in [1.54, 1.807) is 18.7 Å². The Kier molecular flexibility index (Phi) is 11.3. The van der Waals surface area contributed by atoms with Gasteiger partial charge in [-0.3, -0.25) is 14.4 Å². The van der Waals surface area contributed by atoms with E-state index in [1.807, 2.05) is 13.2 Å². The van der Waals surface area contributed by atoms with Crippen molar-refractivity contribution in [3.8, 4) is 0 Å². The van der Waals surface area contributed by atoms with Crippen molar-refractivity contribution in [1.29, 1.82) is 0 Å². The first-order valence-electron chi connectivity index (χ1n) is 11.6. The van der Waals surface area contributed by atoms with Gasteiger partial charge in [-0.2, -0.15) is 11.8 Å². The molecule has 6 N–H and O–H groups in total. The number of aromatic nitrogens is 2. The van der Waals surface area contributed by atoms with Crippen LogP contribution >= 0.6 is 11.8 Å². The average molecular weight is 497 g/mol. The number of hydrogen-bond donors (Lipinski definition) is 6. The van der Waals surface area contributed by atoms with Crippen molar-refractivity contribution in [3.05, 3.63) is 18.2 Å². The van der Waals surface area contributed by atoms with Crippen LogP contribution in [0.4, 0.5) is 0 Å². The van der Waals surface area contributed by atoms with Crippen molar-refractivity contribution >= 4 is 35.5 Å². The molecule has 0 spiro atoms. The topological polar surface area (TPSA) is 165 Å². The summed E-state index contributed by atoms with van der Waals surface area (Å²) >= 11 is 1.55. The molecule has 190 valence electrons. The van der Waals surface area contributed by atoms with Crippen molar-refractivity contribution in [3.63, 3.8) is 0 Å². The highest BCUT2D eigenvalue weighted by Gasteiger charge is 2.32. The minimum absolute atomic E-state index is 0.0950. The third kappa shape index (κ3) is 8.32. The second kappa shape index (κ2) is 14.0. The van der Waals surface area contributed by atoms with Gasteiger partial charge in [-0.15, -0.1) is 0 Å². The number of carbonyl (C=O) groups excluding carboxylic acids is 3. The van der Waals surface area contributed by atoms with Crippen molar-refractivity contribution in [2.45, 2.75) is 70.1 Å². The molecule has 1 saturated heterocycles. The number of carbonyl (C=O) groups is 4. The van der Waals surface area contributed by atoms with Gasteiger partial charge in [0.15, 0.2) is 0 Å². The number of H-pyrrole nitrogens is 1. The molecule has 0 aliphatic carbocycles. The Morgan fingerprint density at radius 1 is 1.21 bits per heavy atom. The SMILES string of the molecule is CCC(C)C(NC(=O)C(Cc1cnc[nH]1)NC(=O)C(CCSC)NC(=O)C1CCCN1)C(=O)O. The zero-order chi connectivity index (χ0) is 25.1. The van der Waals surface area contributed by atoms with Gasteiger partial charge >= 0.3 is 5.97 Å². The molecule has 11 nitrogen and oxygen atoms in total. The summed E-state index contributed by atoms with van der Waals surface area (Å²) in [6.07, 6.45) is 7.56. The van der Waals surface area contributed by atoms with Crippen LogP contribution in [0.5, 0.6) is 0 Å². The molecule has 3 amide bonds. The molecule has 34 heavy (non-hydrogen) atoms. The smallest absolute Gasteiger partial charge is 0.326 e. The van der Waals surface area contributed by atoms with Crippen LogP contribution in [0.2, 0.25) is 0 Å². The Morgan fingerprint density at radius 2 is 1.94 bits per heavy atom. The summed E-state index contributed by atoms with van der Waals surface area (Å²) in [5.74, 6) is -2.13. The molecule has 12 heteroatoms. The summed E-state index contributed by atoms with van der Waals surface area (Å²) in [6.45, 7) is 4.34. The molecule has 2 heterocycles. The zero-order valence-electron chi connectivity index (χ0n) is 19.9. The van der Waals surface area contributed by atoms with Crippen LogP contribution in [-0.2, 0) is 25.6 Å². The van der Waals surface area contributed by atoms with Gasteiger partial charge < -0.3 is 31.4 Å². The Hall–Kier alpha value is -2.60. The fourth-order valence-electron chi connectivity index (χ4n) is 3.72. The molecule has 5 atom stereocenters. The minimum Gasteiger partial charge on any atom is -0.480 e. The quantitative estimate of drug-likeness (QED) is 0.210. The number of hydrogen-bond acceptors (Lipinski definition) is 7. The molecule has 0 bridgehead atoms. The number of rotatable bonds is 14. The summed E-state index contributed by atoms with van der Waals surface area (Å²) in [6, 6.07) is -3.28.